The lowest BCUT2D eigenvalue weighted by Crippen LogP contribution is -2.33. The number of aliphatic hydroxyl groups excluding tert-OH is 1. The average molecular weight is 482 g/mol. The van der Waals surface area contributed by atoms with Gasteiger partial charge in [-0.15, -0.1) is 0 Å². The van der Waals surface area contributed by atoms with Gasteiger partial charge in [0.15, 0.2) is 0 Å². The Bertz CT molecular complexity index is 1100. The van der Waals surface area contributed by atoms with E-state index in [1.165, 1.54) is 5.69 Å². The fourth-order valence-electron chi connectivity index (χ4n) is 5.07. The van der Waals surface area contributed by atoms with Crippen LogP contribution in [0.1, 0.15) is 50.8 Å². The van der Waals surface area contributed by atoms with Gasteiger partial charge in [-0.2, -0.15) is 5.10 Å². The average Bonchev–Trinajstić information content (AvgIpc) is 3.29. The number of pyridine rings is 1. The van der Waals surface area contributed by atoms with E-state index < -0.39 is 0 Å². The molecule has 190 valence electrons. The first-order valence-electron chi connectivity index (χ1n) is 12.8. The van der Waals surface area contributed by atoms with E-state index in [0.717, 1.165) is 86.4 Å². The number of hydrogen-bond acceptors (Lipinski definition) is 6. The molecule has 7 nitrogen and oxygen atoms in total. The number of benzene rings is 1. The van der Waals surface area contributed by atoms with Gasteiger partial charge in [0, 0.05) is 26.3 Å². The lowest BCUT2D eigenvalue weighted by molar-refractivity contribution is 0.0682. The Balaban J connectivity index is 1.86. The number of ether oxygens (including phenoxy) is 3. The van der Waals surface area contributed by atoms with Crippen LogP contribution in [0.25, 0.3) is 16.8 Å². The number of fused-ring (bicyclic) bond motifs is 1. The monoisotopic (exact) mass is 481 g/mol. The van der Waals surface area contributed by atoms with Gasteiger partial charge in [0.1, 0.15) is 11.5 Å². The summed E-state index contributed by atoms with van der Waals surface area (Å²) in [6, 6.07) is 10.0. The maximum atomic E-state index is 9.71. The van der Waals surface area contributed by atoms with E-state index in [4.69, 9.17) is 19.3 Å². The molecule has 1 aliphatic heterocycles. The molecule has 3 heterocycles. The zero-order valence-corrected chi connectivity index (χ0v) is 21.5. The van der Waals surface area contributed by atoms with Crippen LogP contribution < -0.4 is 14.4 Å². The van der Waals surface area contributed by atoms with E-state index in [2.05, 4.69) is 36.9 Å². The van der Waals surface area contributed by atoms with Gasteiger partial charge in [-0.1, -0.05) is 26.3 Å². The van der Waals surface area contributed by atoms with Crippen molar-refractivity contribution in [2.75, 3.05) is 45.4 Å². The summed E-state index contributed by atoms with van der Waals surface area (Å²) in [6.07, 6.45) is 5.38. The molecule has 7 heteroatoms. The molecular formula is C28H39N3O4. The minimum Gasteiger partial charge on any atom is -0.496 e. The standard InChI is InChI=1S/C28H39N3O4/c1-5-7-13-30(18-20-11-14-35-15-12-20)28-22(6-2)29-31-23(9-8-10-24(28)31)27-25(33-3)16-21(19-32)17-26(27)34-4/h8-10,16-17,20,32H,5-7,11-15,18-19H2,1-4H3. The van der Waals surface area contributed by atoms with Gasteiger partial charge < -0.3 is 24.2 Å². The number of aliphatic hydroxyl groups is 1. The fourth-order valence-corrected chi connectivity index (χ4v) is 5.07. The highest BCUT2D eigenvalue weighted by molar-refractivity contribution is 5.82. The summed E-state index contributed by atoms with van der Waals surface area (Å²) in [5.41, 5.74) is 5.91. The molecule has 0 radical (unpaired) electrons. The van der Waals surface area contributed by atoms with Crippen LogP contribution in [0.5, 0.6) is 11.5 Å². The maximum Gasteiger partial charge on any atom is 0.132 e. The molecule has 1 aliphatic rings. The number of nitrogens with zero attached hydrogens (tertiary/aromatic N) is 3. The molecule has 1 aromatic carbocycles. The number of aryl methyl sites for hydroxylation is 1. The summed E-state index contributed by atoms with van der Waals surface area (Å²) >= 11 is 0. The van der Waals surface area contributed by atoms with Crippen LogP contribution >= 0.6 is 0 Å². The molecule has 0 amide bonds. The van der Waals surface area contributed by atoms with Gasteiger partial charge in [-0.05, 0) is 61.4 Å². The van der Waals surface area contributed by atoms with Crippen molar-refractivity contribution in [1.29, 1.82) is 0 Å². The number of unbranched alkanes of at least 4 members (excludes halogenated alkanes) is 1. The zero-order valence-electron chi connectivity index (χ0n) is 21.5. The van der Waals surface area contributed by atoms with Gasteiger partial charge in [0.2, 0.25) is 0 Å². The van der Waals surface area contributed by atoms with Crippen molar-refractivity contribution in [2.45, 2.75) is 52.6 Å². The van der Waals surface area contributed by atoms with E-state index in [1.54, 1.807) is 14.2 Å². The molecule has 0 aliphatic carbocycles. The SMILES string of the molecule is CCCCN(CC1CCOCC1)c1c(CC)nn2c(-c3c(OC)cc(CO)cc3OC)cccc12. The normalized spacial score (nSPS) is 14.4. The maximum absolute atomic E-state index is 9.71. The van der Waals surface area contributed by atoms with Crippen molar-refractivity contribution in [3.05, 3.63) is 41.6 Å². The topological polar surface area (TPSA) is 68.5 Å². The van der Waals surface area contributed by atoms with Crippen LogP contribution in [0.15, 0.2) is 30.3 Å². The lowest BCUT2D eigenvalue weighted by Gasteiger charge is -2.31. The van der Waals surface area contributed by atoms with Crippen molar-refractivity contribution in [2.24, 2.45) is 5.92 Å². The lowest BCUT2D eigenvalue weighted by atomic mass is 9.99. The van der Waals surface area contributed by atoms with E-state index >= 15 is 0 Å². The van der Waals surface area contributed by atoms with Crippen molar-refractivity contribution in [1.82, 2.24) is 9.61 Å². The third kappa shape index (κ3) is 5.26. The highest BCUT2D eigenvalue weighted by atomic mass is 16.5. The summed E-state index contributed by atoms with van der Waals surface area (Å²) in [6.45, 7) is 8.10. The number of anilines is 1. The number of methoxy groups -OCH3 is 2. The Morgan fingerprint density at radius 3 is 2.43 bits per heavy atom. The predicted octanol–water partition coefficient (Wildman–Crippen LogP) is 5.11. The summed E-state index contributed by atoms with van der Waals surface area (Å²) in [5, 5.41) is 14.8. The van der Waals surface area contributed by atoms with Crippen molar-refractivity contribution in [3.8, 4) is 22.8 Å². The molecule has 0 spiro atoms. The van der Waals surface area contributed by atoms with Gasteiger partial charge in [-0.3, -0.25) is 0 Å². The van der Waals surface area contributed by atoms with E-state index in [-0.39, 0.29) is 6.61 Å². The third-order valence-corrected chi connectivity index (χ3v) is 6.96. The second-order valence-electron chi connectivity index (χ2n) is 9.25. The number of hydrogen-bond donors (Lipinski definition) is 1. The zero-order chi connectivity index (χ0) is 24.8. The summed E-state index contributed by atoms with van der Waals surface area (Å²) < 4.78 is 19.1. The largest absolute Gasteiger partial charge is 0.496 e. The van der Waals surface area contributed by atoms with Crippen molar-refractivity contribution < 1.29 is 19.3 Å². The molecule has 1 N–H and O–H groups in total. The second kappa shape index (κ2) is 11.8. The fraction of sp³-hybridized carbons (Fsp3) is 0.536. The Morgan fingerprint density at radius 1 is 1.11 bits per heavy atom. The first kappa shape index (κ1) is 25.3. The molecule has 2 aromatic heterocycles. The molecule has 1 fully saturated rings. The summed E-state index contributed by atoms with van der Waals surface area (Å²) in [5.74, 6) is 1.94. The van der Waals surface area contributed by atoms with Gasteiger partial charge >= 0.3 is 0 Å². The minimum atomic E-state index is -0.0817. The summed E-state index contributed by atoms with van der Waals surface area (Å²) in [7, 11) is 3.29. The highest BCUT2D eigenvalue weighted by Crippen LogP contribution is 2.41. The molecule has 35 heavy (non-hydrogen) atoms. The van der Waals surface area contributed by atoms with Gasteiger partial charge in [0.25, 0.3) is 0 Å². The highest BCUT2D eigenvalue weighted by Gasteiger charge is 2.25. The quantitative estimate of drug-likeness (QED) is 0.411. The molecule has 0 atom stereocenters. The van der Waals surface area contributed by atoms with E-state index in [0.29, 0.717) is 17.4 Å². The summed E-state index contributed by atoms with van der Waals surface area (Å²) in [4.78, 5) is 2.56. The Hall–Kier alpha value is -2.77. The molecule has 1 saturated heterocycles. The molecular weight excluding hydrogens is 442 g/mol. The molecule has 4 rings (SSSR count). The van der Waals surface area contributed by atoms with Gasteiger partial charge in [-0.25, -0.2) is 4.52 Å². The van der Waals surface area contributed by atoms with Crippen LogP contribution in [0.2, 0.25) is 0 Å². The van der Waals surface area contributed by atoms with Crippen LogP contribution in [-0.4, -0.2) is 55.2 Å². The third-order valence-electron chi connectivity index (χ3n) is 6.96. The molecule has 0 saturated carbocycles. The van der Waals surface area contributed by atoms with Crippen LogP contribution in [0, 0.1) is 5.92 Å². The van der Waals surface area contributed by atoms with E-state index in [1.807, 2.05) is 16.6 Å². The second-order valence-corrected chi connectivity index (χ2v) is 9.25. The Morgan fingerprint density at radius 2 is 1.83 bits per heavy atom. The molecule has 0 unspecified atom stereocenters. The van der Waals surface area contributed by atoms with Crippen LogP contribution in [0.4, 0.5) is 5.69 Å². The first-order valence-corrected chi connectivity index (χ1v) is 12.8. The smallest absolute Gasteiger partial charge is 0.132 e. The minimum absolute atomic E-state index is 0.0817. The van der Waals surface area contributed by atoms with E-state index in [9.17, 15) is 5.11 Å². The van der Waals surface area contributed by atoms with Crippen LogP contribution in [0.3, 0.4) is 0 Å². The van der Waals surface area contributed by atoms with Crippen molar-refractivity contribution in [3.63, 3.8) is 0 Å². The number of rotatable bonds is 11. The first-order chi connectivity index (χ1) is 17.1. The van der Waals surface area contributed by atoms with Crippen molar-refractivity contribution >= 4 is 11.2 Å². The van der Waals surface area contributed by atoms with Crippen LogP contribution in [-0.2, 0) is 17.8 Å². The number of aromatic nitrogens is 2. The van der Waals surface area contributed by atoms with Gasteiger partial charge in [0.05, 0.1) is 49.0 Å². The Labute approximate surface area is 208 Å². The molecule has 3 aromatic rings. The molecule has 0 bridgehead atoms. The Kier molecular flexibility index (Phi) is 8.52. The predicted molar refractivity (Wildman–Crippen MR) is 140 cm³/mol.